The van der Waals surface area contributed by atoms with Crippen molar-refractivity contribution in [1.29, 1.82) is 0 Å². The van der Waals surface area contributed by atoms with Crippen LogP contribution in [0, 0.1) is 5.92 Å². The van der Waals surface area contributed by atoms with Crippen molar-refractivity contribution in [1.82, 2.24) is 15.1 Å². The lowest BCUT2D eigenvalue weighted by Crippen LogP contribution is -2.53. The minimum absolute atomic E-state index is 0.223. The number of amides is 1. The van der Waals surface area contributed by atoms with E-state index in [1.165, 1.54) is 6.08 Å². The zero-order chi connectivity index (χ0) is 28.6. The maximum Gasteiger partial charge on any atom is 0.247 e. The Labute approximate surface area is 236 Å². The molecule has 0 saturated carbocycles. The molecule has 1 amide bonds. The van der Waals surface area contributed by atoms with Gasteiger partial charge in [0.2, 0.25) is 17.8 Å². The maximum absolute atomic E-state index is 11.7. The summed E-state index contributed by atoms with van der Waals surface area (Å²) >= 11 is 0. The Kier molecular flexibility index (Phi) is 9.39. The molecule has 9 nitrogen and oxygen atoms in total. The van der Waals surface area contributed by atoms with Gasteiger partial charge in [-0.25, -0.2) is 4.99 Å². The van der Waals surface area contributed by atoms with Gasteiger partial charge in [-0.2, -0.15) is 4.99 Å². The highest BCUT2D eigenvalue weighted by Crippen LogP contribution is 2.28. The second-order valence-electron chi connectivity index (χ2n) is 10.2. The third-order valence-corrected chi connectivity index (χ3v) is 6.90. The fraction of sp³-hybridized carbons (Fsp3) is 0.323. The predicted octanol–water partition coefficient (Wildman–Crippen LogP) is 4.83. The van der Waals surface area contributed by atoms with E-state index < -0.39 is 0 Å². The molecule has 0 aliphatic carbocycles. The highest BCUT2D eigenvalue weighted by atomic mass is 16.5. The molecule has 2 aromatic rings. The summed E-state index contributed by atoms with van der Waals surface area (Å²) in [5, 5.41) is 6.30. The Balaban J connectivity index is 1.62. The minimum Gasteiger partial charge on any atom is -0.457 e. The second-order valence-corrected chi connectivity index (χ2v) is 10.2. The van der Waals surface area contributed by atoms with Crippen LogP contribution < -0.4 is 21.1 Å². The van der Waals surface area contributed by atoms with Crippen molar-refractivity contribution in [3.05, 3.63) is 90.8 Å². The van der Waals surface area contributed by atoms with Crippen molar-refractivity contribution < 1.29 is 9.53 Å². The number of carbonyl (C=O) groups excluding carboxylic acids is 1. The molecule has 2 aliphatic rings. The first-order valence-electron chi connectivity index (χ1n) is 13.6. The summed E-state index contributed by atoms with van der Waals surface area (Å²) in [6.45, 7) is 13.9. The van der Waals surface area contributed by atoms with Gasteiger partial charge in [0.15, 0.2) is 0 Å². The quantitative estimate of drug-likeness (QED) is 0.414. The van der Waals surface area contributed by atoms with Crippen LogP contribution in [0.4, 0.5) is 5.69 Å². The fourth-order valence-electron chi connectivity index (χ4n) is 4.61. The second kappa shape index (κ2) is 13.1. The number of anilines is 1. The predicted molar refractivity (Wildman–Crippen MR) is 162 cm³/mol. The summed E-state index contributed by atoms with van der Waals surface area (Å²) in [6, 6.07) is 15.2. The average molecular weight is 542 g/mol. The lowest BCUT2D eigenvalue weighted by molar-refractivity contribution is -0.111. The maximum atomic E-state index is 11.7. The highest BCUT2D eigenvalue weighted by molar-refractivity contribution is 5.99. The first-order valence-corrected chi connectivity index (χ1v) is 13.6. The first kappa shape index (κ1) is 28.6. The number of guanidine groups is 2. The molecule has 0 radical (unpaired) electrons. The molecular weight excluding hydrogens is 502 g/mol. The van der Waals surface area contributed by atoms with E-state index in [2.05, 4.69) is 42.5 Å². The van der Waals surface area contributed by atoms with Crippen LogP contribution in [0.25, 0.3) is 0 Å². The van der Waals surface area contributed by atoms with Crippen molar-refractivity contribution in [2.45, 2.75) is 39.3 Å². The number of piperidine rings is 1. The monoisotopic (exact) mass is 541 g/mol. The van der Waals surface area contributed by atoms with Crippen molar-refractivity contribution in [2.24, 2.45) is 21.6 Å². The van der Waals surface area contributed by atoms with E-state index in [4.69, 9.17) is 20.5 Å². The van der Waals surface area contributed by atoms with Gasteiger partial charge in [-0.15, -0.1) is 0 Å². The molecule has 0 bridgehead atoms. The van der Waals surface area contributed by atoms with Crippen LogP contribution in [0.1, 0.15) is 32.3 Å². The number of allylic oxidation sites excluding steroid dienone is 2. The number of para-hydroxylation sites is 1. The zero-order valence-electron chi connectivity index (χ0n) is 23.6. The molecule has 2 aliphatic heterocycles. The zero-order valence-corrected chi connectivity index (χ0v) is 23.6. The number of ether oxygens (including phenoxy) is 1. The molecule has 0 spiro atoms. The Morgan fingerprint density at radius 2 is 1.95 bits per heavy atom. The van der Waals surface area contributed by atoms with Gasteiger partial charge >= 0.3 is 0 Å². The molecule has 0 atom stereocenters. The lowest BCUT2D eigenvalue weighted by atomic mass is 10.0. The van der Waals surface area contributed by atoms with E-state index in [0.717, 1.165) is 48.8 Å². The number of hydrogen-bond donors (Lipinski definition) is 3. The molecule has 4 rings (SSSR count). The molecule has 1 fully saturated rings. The third kappa shape index (κ3) is 6.98. The number of nitrogens with zero attached hydrogens (tertiary/aromatic N) is 4. The van der Waals surface area contributed by atoms with E-state index in [9.17, 15) is 4.79 Å². The Hall–Kier alpha value is -4.37. The van der Waals surface area contributed by atoms with Crippen LogP contribution in [0.2, 0.25) is 0 Å². The molecule has 0 aromatic heterocycles. The molecule has 4 N–H and O–H groups in total. The Morgan fingerprint density at radius 3 is 2.65 bits per heavy atom. The SMILES string of the molecule is C=CC(=O)Nc1cccc(Oc2ccccc2CN=C2N=C(N3CCC(N)CC3)N/C(=C(/C=C)C(C)C)N2C)c1. The summed E-state index contributed by atoms with van der Waals surface area (Å²) in [5.41, 5.74) is 8.77. The standard InChI is InChI=1S/C31H39N7O2/c1-6-26(21(3)4)29-35-31(38-17-15-23(32)16-18-38)36-30(37(29)5)33-20-22-11-8-9-14-27(22)40-25-13-10-12-24(19-25)34-28(39)7-2/h6-14,19,21,23H,1-2,15-18,20,32H2,3-5H3,(H,34,39)(H,33,35,36)/b29-26+. The average Bonchev–Trinajstić information content (AvgIpc) is 2.94. The van der Waals surface area contributed by atoms with E-state index >= 15 is 0 Å². The highest BCUT2D eigenvalue weighted by Gasteiger charge is 2.28. The van der Waals surface area contributed by atoms with E-state index in [0.29, 0.717) is 29.7 Å². The molecule has 2 heterocycles. The van der Waals surface area contributed by atoms with E-state index in [1.807, 2.05) is 54.4 Å². The van der Waals surface area contributed by atoms with Gasteiger partial charge in [-0.3, -0.25) is 9.69 Å². The van der Waals surface area contributed by atoms with Gasteiger partial charge in [-0.05, 0) is 48.6 Å². The van der Waals surface area contributed by atoms with Crippen LogP contribution in [0.5, 0.6) is 11.5 Å². The van der Waals surface area contributed by atoms with Gasteiger partial charge in [0.1, 0.15) is 17.3 Å². The number of benzene rings is 2. The first-order chi connectivity index (χ1) is 19.3. The number of carbonyl (C=O) groups is 1. The number of nitrogens with two attached hydrogens (primary N) is 1. The molecule has 210 valence electrons. The van der Waals surface area contributed by atoms with Crippen molar-refractivity contribution in [3.8, 4) is 11.5 Å². The van der Waals surface area contributed by atoms with Crippen molar-refractivity contribution >= 4 is 23.5 Å². The summed E-state index contributed by atoms with van der Waals surface area (Å²) in [7, 11) is 1.96. The third-order valence-electron chi connectivity index (χ3n) is 6.90. The van der Waals surface area contributed by atoms with Gasteiger partial charge in [0.05, 0.1) is 6.54 Å². The lowest BCUT2D eigenvalue weighted by Gasteiger charge is -2.38. The molecule has 2 aromatic carbocycles. The molecule has 0 unspecified atom stereocenters. The number of likely N-dealkylation sites (tertiary alicyclic amines) is 1. The van der Waals surface area contributed by atoms with E-state index in [-0.39, 0.29) is 17.9 Å². The Bertz CT molecular complexity index is 1340. The van der Waals surface area contributed by atoms with Gasteiger partial charge < -0.3 is 26.0 Å². The summed E-state index contributed by atoms with van der Waals surface area (Å²) in [6.07, 6.45) is 4.96. The van der Waals surface area contributed by atoms with Crippen LogP contribution >= 0.6 is 0 Å². The van der Waals surface area contributed by atoms with Crippen LogP contribution in [0.3, 0.4) is 0 Å². The number of nitrogens with one attached hydrogen (secondary N) is 2. The van der Waals surface area contributed by atoms with Crippen LogP contribution in [0.15, 0.2) is 95.2 Å². The Morgan fingerprint density at radius 1 is 1.20 bits per heavy atom. The molecule has 40 heavy (non-hydrogen) atoms. The fourth-order valence-corrected chi connectivity index (χ4v) is 4.61. The van der Waals surface area contributed by atoms with Crippen molar-refractivity contribution in [2.75, 3.05) is 25.5 Å². The number of rotatable bonds is 8. The molecular formula is C31H39N7O2. The van der Waals surface area contributed by atoms with Crippen LogP contribution in [-0.4, -0.2) is 53.8 Å². The van der Waals surface area contributed by atoms with Crippen LogP contribution in [-0.2, 0) is 11.3 Å². The largest absolute Gasteiger partial charge is 0.457 e. The molecule has 9 heteroatoms. The van der Waals surface area contributed by atoms with Gasteiger partial charge in [-0.1, -0.05) is 57.3 Å². The smallest absolute Gasteiger partial charge is 0.247 e. The topological polar surface area (TPSA) is 108 Å². The summed E-state index contributed by atoms with van der Waals surface area (Å²) in [5.74, 6) is 3.56. The van der Waals surface area contributed by atoms with E-state index in [1.54, 1.807) is 12.1 Å². The molecule has 1 saturated heterocycles. The van der Waals surface area contributed by atoms with Gasteiger partial charge in [0, 0.05) is 43.5 Å². The van der Waals surface area contributed by atoms with Crippen molar-refractivity contribution in [3.63, 3.8) is 0 Å². The van der Waals surface area contributed by atoms with Gasteiger partial charge in [0.25, 0.3) is 0 Å². The minimum atomic E-state index is -0.280. The number of aliphatic imine (C=N–C) groups is 2. The number of hydrogen-bond acceptors (Lipinski definition) is 6. The summed E-state index contributed by atoms with van der Waals surface area (Å²) < 4.78 is 6.22. The normalized spacial score (nSPS) is 18.2. The summed E-state index contributed by atoms with van der Waals surface area (Å²) in [4.78, 5) is 25.8.